The summed E-state index contributed by atoms with van der Waals surface area (Å²) >= 11 is 5.83. The van der Waals surface area contributed by atoms with Gasteiger partial charge in [-0.2, -0.15) is 0 Å². The maximum absolute atomic E-state index is 12.0. The van der Waals surface area contributed by atoms with Gasteiger partial charge in [-0.1, -0.05) is 48.5 Å². The number of hydrogen-bond acceptors (Lipinski definition) is 3. The van der Waals surface area contributed by atoms with E-state index in [-0.39, 0.29) is 17.6 Å². The van der Waals surface area contributed by atoms with Gasteiger partial charge in [0.2, 0.25) is 0 Å². The molecular formula is C28H26N4O2S. The minimum absolute atomic E-state index is 0.116. The molecule has 2 N–H and O–H groups in total. The molecular weight excluding hydrogens is 456 g/mol. The van der Waals surface area contributed by atoms with Crippen LogP contribution in [0.5, 0.6) is 0 Å². The normalized spacial score (nSPS) is 17.4. The maximum Gasteiger partial charge on any atom is 0.337 e. The number of rotatable bonds is 6. The van der Waals surface area contributed by atoms with Crippen molar-refractivity contribution in [1.29, 1.82) is 0 Å². The summed E-state index contributed by atoms with van der Waals surface area (Å²) in [7, 11) is 0. The van der Waals surface area contributed by atoms with Gasteiger partial charge in [-0.05, 0) is 67.5 Å². The van der Waals surface area contributed by atoms with Gasteiger partial charge in [0.25, 0.3) is 0 Å². The zero-order valence-electron chi connectivity index (χ0n) is 19.6. The van der Waals surface area contributed by atoms with Gasteiger partial charge in [-0.25, -0.2) is 4.79 Å². The van der Waals surface area contributed by atoms with Gasteiger partial charge in [-0.3, -0.25) is 4.98 Å². The predicted molar refractivity (Wildman–Crippen MR) is 140 cm³/mol. The largest absolute Gasteiger partial charge is 0.478 e. The number of aryl methyl sites for hydroxylation is 1. The van der Waals surface area contributed by atoms with Gasteiger partial charge in [0.15, 0.2) is 5.11 Å². The van der Waals surface area contributed by atoms with E-state index >= 15 is 0 Å². The van der Waals surface area contributed by atoms with Crippen LogP contribution in [-0.2, 0) is 6.54 Å². The Labute approximate surface area is 209 Å². The molecule has 6 nitrogen and oxygen atoms in total. The van der Waals surface area contributed by atoms with Gasteiger partial charge >= 0.3 is 5.97 Å². The molecule has 0 radical (unpaired) electrons. The van der Waals surface area contributed by atoms with Crippen LogP contribution in [-0.4, -0.2) is 30.6 Å². The summed E-state index contributed by atoms with van der Waals surface area (Å²) in [5.41, 5.74) is 6.01. The molecule has 1 fully saturated rings. The smallest absolute Gasteiger partial charge is 0.337 e. The van der Waals surface area contributed by atoms with Crippen molar-refractivity contribution in [2.24, 2.45) is 0 Å². The lowest BCUT2D eigenvalue weighted by atomic mass is 9.96. The number of para-hydroxylation sites is 1. The summed E-state index contributed by atoms with van der Waals surface area (Å²) in [6, 6.07) is 25.1. The van der Waals surface area contributed by atoms with Crippen molar-refractivity contribution in [2.45, 2.75) is 32.5 Å². The summed E-state index contributed by atoms with van der Waals surface area (Å²) in [5.74, 6) is -0.949. The molecule has 4 aromatic rings. The third-order valence-electron chi connectivity index (χ3n) is 6.56. The number of benzene rings is 2. The number of hydrogen-bond donors (Lipinski definition) is 2. The van der Waals surface area contributed by atoms with E-state index in [1.807, 2.05) is 66.9 Å². The molecule has 0 bridgehead atoms. The van der Waals surface area contributed by atoms with Crippen LogP contribution >= 0.6 is 12.2 Å². The minimum Gasteiger partial charge on any atom is -0.478 e. The topological polar surface area (TPSA) is 70.4 Å². The third kappa shape index (κ3) is 4.19. The summed E-state index contributed by atoms with van der Waals surface area (Å²) in [4.78, 5) is 18.8. The summed E-state index contributed by atoms with van der Waals surface area (Å²) in [5, 5.41) is 14.0. The molecule has 2 aromatic heterocycles. The first kappa shape index (κ1) is 22.8. The molecule has 0 unspecified atom stereocenters. The molecule has 3 heterocycles. The van der Waals surface area contributed by atoms with Crippen molar-refractivity contribution in [3.63, 3.8) is 0 Å². The van der Waals surface area contributed by atoms with Crippen LogP contribution in [0.2, 0.25) is 0 Å². The molecule has 2 aromatic carbocycles. The Hall–Kier alpha value is -3.97. The van der Waals surface area contributed by atoms with Gasteiger partial charge < -0.3 is 19.9 Å². The average molecular weight is 483 g/mol. The van der Waals surface area contributed by atoms with Crippen molar-refractivity contribution in [2.75, 3.05) is 0 Å². The van der Waals surface area contributed by atoms with Crippen molar-refractivity contribution in [3.05, 3.63) is 119 Å². The van der Waals surface area contributed by atoms with Gasteiger partial charge in [0.1, 0.15) is 0 Å². The Kier molecular flexibility index (Phi) is 6.09. The first-order chi connectivity index (χ1) is 17.0. The van der Waals surface area contributed by atoms with Crippen LogP contribution in [0.3, 0.4) is 0 Å². The number of aromatic nitrogens is 2. The van der Waals surface area contributed by atoms with Crippen molar-refractivity contribution < 1.29 is 9.90 Å². The zero-order valence-corrected chi connectivity index (χ0v) is 20.4. The maximum atomic E-state index is 12.0. The molecule has 0 saturated carbocycles. The second kappa shape index (κ2) is 9.35. The molecule has 1 saturated heterocycles. The lowest BCUT2D eigenvalue weighted by Gasteiger charge is -2.28. The number of pyridine rings is 1. The first-order valence-corrected chi connectivity index (χ1v) is 11.9. The van der Waals surface area contributed by atoms with Gasteiger partial charge in [0.05, 0.1) is 29.0 Å². The molecule has 0 spiro atoms. The predicted octanol–water partition coefficient (Wildman–Crippen LogP) is 5.36. The van der Waals surface area contributed by atoms with E-state index in [0.717, 1.165) is 28.2 Å². The Morgan fingerprint density at radius 2 is 1.74 bits per heavy atom. The monoisotopic (exact) mass is 482 g/mol. The van der Waals surface area contributed by atoms with Crippen LogP contribution < -0.4 is 5.32 Å². The highest BCUT2D eigenvalue weighted by Gasteiger charge is 2.41. The average Bonchev–Trinajstić information content (AvgIpc) is 3.35. The van der Waals surface area contributed by atoms with E-state index < -0.39 is 5.97 Å². The molecule has 2 atom stereocenters. The number of carboxylic acids is 1. The second-order valence-corrected chi connectivity index (χ2v) is 9.11. The summed E-state index contributed by atoms with van der Waals surface area (Å²) in [6.45, 7) is 4.70. The Bertz CT molecular complexity index is 1380. The number of carbonyl (C=O) groups is 1. The number of nitrogens with one attached hydrogen (secondary N) is 1. The molecule has 0 amide bonds. The van der Waals surface area contributed by atoms with E-state index in [4.69, 9.17) is 12.2 Å². The second-order valence-electron chi connectivity index (χ2n) is 8.72. The van der Waals surface area contributed by atoms with E-state index in [2.05, 4.69) is 33.4 Å². The van der Waals surface area contributed by atoms with Crippen LogP contribution in [0.1, 0.15) is 50.7 Å². The van der Waals surface area contributed by atoms with Crippen LogP contribution in [0.15, 0.2) is 85.1 Å². The van der Waals surface area contributed by atoms with Crippen molar-refractivity contribution >= 4 is 23.3 Å². The minimum atomic E-state index is -0.949. The quantitative estimate of drug-likeness (QED) is 0.361. The number of nitrogens with zero attached hydrogens (tertiary/aromatic N) is 3. The van der Waals surface area contributed by atoms with Crippen molar-refractivity contribution in [3.8, 4) is 5.69 Å². The zero-order chi connectivity index (χ0) is 24.5. The molecule has 0 aliphatic carbocycles. The van der Waals surface area contributed by atoms with Crippen LogP contribution in [0.4, 0.5) is 0 Å². The molecule has 7 heteroatoms. The third-order valence-corrected chi connectivity index (χ3v) is 6.91. The summed E-state index contributed by atoms with van der Waals surface area (Å²) in [6.07, 6.45) is 1.80. The SMILES string of the molecule is Cc1cc([C@H]2[C@@H](c3ccccn3)NC(=S)N2Cc2ccccc2)c(C)n1-c1ccccc1C(=O)O. The lowest BCUT2D eigenvalue weighted by Crippen LogP contribution is -2.29. The Morgan fingerprint density at radius 3 is 2.46 bits per heavy atom. The number of thiocarbonyl (C=S) groups is 1. The number of aromatic carboxylic acids is 1. The van der Waals surface area contributed by atoms with Gasteiger partial charge in [-0.15, -0.1) is 0 Å². The Balaban J connectivity index is 1.65. The molecule has 5 rings (SSSR count). The highest BCUT2D eigenvalue weighted by molar-refractivity contribution is 7.80. The fourth-order valence-corrected chi connectivity index (χ4v) is 5.31. The first-order valence-electron chi connectivity index (χ1n) is 11.5. The summed E-state index contributed by atoms with van der Waals surface area (Å²) < 4.78 is 2.02. The fourth-order valence-electron chi connectivity index (χ4n) is 5.00. The van der Waals surface area contributed by atoms with Crippen LogP contribution in [0.25, 0.3) is 5.69 Å². The van der Waals surface area contributed by atoms with Gasteiger partial charge in [0, 0.05) is 24.1 Å². The highest BCUT2D eigenvalue weighted by Crippen LogP contribution is 2.42. The van der Waals surface area contributed by atoms with E-state index in [0.29, 0.717) is 17.3 Å². The molecule has 35 heavy (non-hydrogen) atoms. The van der Waals surface area contributed by atoms with Crippen molar-refractivity contribution in [1.82, 2.24) is 19.8 Å². The number of carboxylic acid groups (broad SMARTS) is 1. The van der Waals surface area contributed by atoms with E-state index in [9.17, 15) is 9.90 Å². The molecule has 176 valence electrons. The molecule has 1 aliphatic rings. The highest BCUT2D eigenvalue weighted by atomic mass is 32.1. The van der Waals surface area contributed by atoms with Crippen LogP contribution in [0, 0.1) is 13.8 Å². The van der Waals surface area contributed by atoms with E-state index in [1.165, 1.54) is 0 Å². The van der Waals surface area contributed by atoms with E-state index in [1.54, 1.807) is 18.3 Å². The Morgan fingerprint density at radius 1 is 1.03 bits per heavy atom. The standard InChI is InChI=1S/C28H26N4O2S/c1-18-16-22(19(2)32(18)24-14-7-6-12-21(24)27(33)34)26-25(23-13-8-9-15-29-23)30-28(35)31(26)17-20-10-4-3-5-11-20/h3-16,25-26H,17H2,1-2H3,(H,30,35)(H,33,34)/t25-,26+/m1/s1. The molecule has 1 aliphatic heterocycles. The fraction of sp³-hybridized carbons (Fsp3) is 0.179. The lowest BCUT2D eigenvalue weighted by molar-refractivity contribution is 0.0697.